The molecule has 0 radical (unpaired) electrons. The predicted molar refractivity (Wildman–Crippen MR) is 93.0 cm³/mol. The number of hydrogen-bond acceptors (Lipinski definition) is 3. The van der Waals surface area contributed by atoms with Crippen molar-refractivity contribution in [2.75, 3.05) is 14.1 Å². The second-order valence-electron chi connectivity index (χ2n) is 5.74. The molecule has 1 amide bonds. The molecule has 1 aromatic carbocycles. The van der Waals surface area contributed by atoms with Crippen LogP contribution in [-0.4, -0.2) is 24.9 Å². The monoisotopic (exact) mass is 316 g/mol. The predicted octanol–water partition coefficient (Wildman–Crippen LogP) is 3.40. The van der Waals surface area contributed by atoms with Crippen molar-refractivity contribution in [1.82, 2.24) is 10.2 Å². The normalized spacial score (nSPS) is 13.9. The van der Waals surface area contributed by atoms with E-state index in [1.165, 1.54) is 9.75 Å². The molecule has 0 aliphatic heterocycles. The van der Waals surface area contributed by atoms with Gasteiger partial charge < -0.3 is 5.32 Å². The van der Waals surface area contributed by atoms with Crippen molar-refractivity contribution < 1.29 is 4.79 Å². The largest absolute Gasteiger partial charge is 0.349 e. The van der Waals surface area contributed by atoms with E-state index in [0.717, 1.165) is 12.0 Å². The minimum Gasteiger partial charge on any atom is -0.349 e. The molecule has 1 heterocycles. The van der Waals surface area contributed by atoms with Gasteiger partial charge in [0.2, 0.25) is 5.91 Å². The molecule has 0 bridgehead atoms. The van der Waals surface area contributed by atoms with Crippen LogP contribution < -0.4 is 5.32 Å². The first-order chi connectivity index (χ1) is 10.5. The summed E-state index contributed by atoms with van der Waals surface area (Å²) in [5.41, 5.74) is 0.324. The number of nitrogens with zero attached hydrogens (tertiary/aromatic N) is 1. The van der Waals surface area contributed by atoms with E-state index in [1.807, 2.05) is 56.3 Å². The summed E-state index contributed by atoms with van der Waals surface area (Å²) in [4.78, 5) is 17.3. The summed E-state index contributed by atoms with van der Waals surface area (Å²) < 4.78 is 0. The van der Waals surface area contributed by atoms with Gasteiger partial charge in [0, 0.05) is 9.75 Å². The fourth-order valence-corrected chi connectivity index (χ4v) is 3.30. The lowest BCUT2D eigenvalue weighted by atomic mass is 9.89. The minimum absolute atomic E-state index is 0.0233. The van der Waals surface area contributed by atoms with Crippen LogP contribution in [0.3, 0.4) is 0 Å². The first-order valence-electron chi connectivity index (χ1n) is 7.57. The number of carbonyl (C=O) groups is 1. The number of nitrogens with one attached hydrogen (secondary N) is 1. The molecule has 118 valence electrons. The highest BCUT2D eigenvalue weighted by molar-refractivity contribution is 7.11. The van der Waals surface area contributed by atoms with E-state index in [9.17, 15) is 4.79 Å². The summed E-state index contributed by atoms with van der Waals surface area (Å²) in [6, 6.07) is 14.1. The molecule has 4 heteroatoms. The quantitative estimate of drug-likeness (QED) is 0.886. The molecule has 1 N–H and O–H groups in total. The number of rotatable bonds is 6. The lowest BCUT2D eigenvalue weighted by molar-refractivity contribution is -0.131. The first-order valence-corrected chi connectivity index (χ1v) is 8.39. The number of thiophene rings is 1. The highest BCUT2D eigenvalue weighted by Gasteiger charge is 2.37. The molecule has 2 rings (SSSR count). The summed E-state index contributed by atoms with van der Waals surface area (Å²) in [5.74, 6) is 0.0233. The maximum absolute atomic E-state index is 12.8. The fourth-order valence-electron chi connectivity index (χ4n) is 2.40. The second-order valence-corrected chi connectivity index (χ2v) is 6.99. The SMILES string of the molecule is CCc1ccc(CNC(=O)C(C)(c2ccccc2)N(C)C)s1. The van der Waals surface area contributed by atoms with Gasteiger partial charge in [0.1, 0.15) is 5.54 Å². The highest BCUT2D eigenvalue weighted by atomic mass is 32.1. The maximum atomic E-state index is 12.8. The van der Waals surface area contributed by atoms with Crippen molar-refractivity contribution in [2.45, 2.75) is 32.4 Å². The molecule has 0 saturated heterocycles. The van der Waals surface area contributed by atoms with Crippen LogP contribution in [0.25, 0.3) is 0 Å². The van der Waals surface area contributed by atoms with Crippen LogP contribution in [0.2, 0.25) is 0 Å². The van der Waals surface area contributed by atoms with Gasteiger partial charge in [0.05, 0.1) is 6.54 Å². The Morgan fingerprint density at radius 2 is 1.77 bits per heavy atom. The third-order valence-corrected chi connectivity index (χ3v) is 5.39. The van der Waals surface area contributed by atoms with Crippen LogP contribution >= 0.6 is 11.3 Å². The Labute approximate surface area is 137 Å². The zero-order valence-corrected chi connectivity index (χ0v) is 14.5. The standard InChI is InChI=1S/C18H24N2OS/c1-5-15-11-12-16(22-15)13-19-17(21)18(2,20(3)4)14-9-7-6-8-10-14/h6-12H,5,13H2,1-4H3,(H,19,21). The van der Waals surface area contributed by atoms with Gasteiger partial charge in [0.15, 0.2) is 0 Å². The van der Waals surface area contributed by atoms with Crippen molar-refractivity contribution in [3.63, 3.8) is 0 Å². The topological polar surface area (TPSA) is 32.3 Å². The summed E-state index contributed by atoms with van der Waals surface area (Å²) >= 11 is 1.76. The van der Waals surface area contributed by atoms with Gasteiger partial charge in [-0.15, -0.1) is 11.3 Å². The lowest BCUT2D eigenvalue weighted by Gasteiger charge is -2.35. The van der Waals surface area contributed by atoms with Crippen LogP contribution in [0.15, 0.2) is 42.5 Å². The van der Waals surface area contributed by atoms with Crippen molar-refractivity contribution >= 4 is 17.2 Å². The van der Waals surface area contributed by atoms with Gasteiger partial charge in [-0.25, -0.2) is 0 Å². The Kier molecular flexibility index (Phi) is 5.37. The Hall–Kier alpha value is -1.65. The van der Waals surface area contributed by atoms with E-state index in [2.05, 4.69) is 24.4 Å². The number of likely N-dealkylation sites (N-methyl/N-ethyl adjacent to an activating group) is 1. The minimum atomic E-state index is -0.674. The van der Waals surface area contributed by atoms with Crippen molar-refractivity contribution in [3.05, 3.63) is 57.8 Å². The van der Waals surface area contributed by atoms with E-state index in [-0.39, 0.29) is 5.91 Å². The maximum Gasteiger partial charge on any atom is 0.245 e. The molecule has 0 fully saturated rings. The van der Waals surface area contributed by atoms with E-state index < -0.39 is 5.54 Å². The molecule has 22 heavy (non-hydrogen) atoms. The number of benzene rings is 1. The van der Waals surface area contributed by atoms with Crippen LogP contribution in [0.5, 0.6) is 0 Å². The Balaban J connectivity index is 2.13. The van der Waals surface area contributed by atoms with Gasteiger partial charge >= 0.3 is 0 Å². The fraction of sp³-hybridized carbons (Fsp3) is 0.389. The molecule has 0 aliphatic carbocycles. The summed E-state index contributed by atoms with van der Waals surface area (Å²) in [6.45, 7) is 4.69. The molecule has 3 nitrogen and oxygen atoms in total. The summed E-state index contributed by atoms with van der Waals surface area (Å²) in [6.07, 6.45) is 1.04. The third kappa shape index (κ3) is 3.39. The number of aryl methyl sites for hydroxylation is 1. The Morgan fingerprint density at radius 3 is 2.32 bits per heavy atom. The molecular formula is C18H24N2OS. The van der Waals surface area contributed by atoms with Crippen molar-refractivity contribution in [2.24, 2.45) is 0 Å². The van der Waals surface area contributed by atoms with Gasteiger partial charge in [-0.1, -0.05) is 37.3 Å². The van der Waals surface area contributed by atoms with E-state index in [4.69, 9.17) is 0 Å². The molecule has 1 aromatic heterocycles. The summed E-state index contributed by atoms with van der Waals surface area (Å²) in [7, 11) is 3.87. The summed E-state index contributed by atoms with van der Waals surface area (Å²) in [5, 5.41) is 3.09. The van der Waals surface area contributed by atoms with Crippen LogP contribution in [0.4, 0.5) is 0 Å². The first kappa shape index (κ1) is 16.7. The van der Waals surface area contributed by atoms with E-state index in [0.29, 0.717) is 6.54 Å². The third-order valence-electron chi connectivity index (χ3n) is 4.16. The van der Waals surface area contributed by atoms with Gasteiger partial charge in [0.25, 0.3) is 0 Å². The smallest absolute Gasteiger partial charge is 0.245 e. The van der Waals surface area contributed by atoms with E-state index in [1.54, 1.807) is 11.3 Å². The molecule has 0 spiro atoms. The number of hydrogen-bond donors (Lipinski definition) is 1. The number of carbonyl (C=O) groups excluding carboxylic acids is 1. The van der Waals surface area contributed by atoms with Gasteiger partial charge in [-0.3, -0.25) is 9.69 Å². The number of amides is 1. The zero-order valence-electron chi connectivity index (χ0n) is 13.7. The molecule has 1 unspecified atom stereocenters. The average molecular weight is 316 g/mol. The van der Waals surface area contributed by atoms with Crippen molar-refractivity contribution in [3.8, 4) is 0 Å². The molecule has 2 aromatic rings. The molecule has 0 aliphatic rings. The van der Waals surface area contributed by atoms with E-state index >= 15 is 0 Å². The molecule has 1 atom stereocenters. The molecule has 0 saturated carbocycles. The Morgan fingerprint density at radius 1 is 1.14 bits per heavy atom. The Bertz CT molecular complexity index is 621. The average Bonchev–Trinajstić information content (AvgIpc) is 3.00. The second kappa shape index (κ2) is 7.07. The van der Waals surface area contributed by atoms with Gasteiger partial charge in [-0.05, 0) is 45.1 Å². The van der Waals surface area contributed by atoms with Crippen LogP contribution in [0.1, 0.15) is 29.2 Å². The van der Waals surface area contributed by atoms with Crippen molar-refractivity contribution in [1.29, 1.82) is 0 Å². The highest BCUT2D eigenvalue weighted by Crippen LogP contribution is 2.26. The lowest BCUT2D eigenvalue weighted by Crippen LogP contribution is -2.51. The van der Waals surface area contributed by atoms with Gasteiger partial charge in [-0.2, -0.15) is 0 Å². The van der Waals surface area contributed by atoms with Crippen LogP contribution in [-0.2, 0) is 23.3 Å². The molecular weight excluding hydrogens is 292 g/mol. The van der Waals surface area contributed by atoms with Crippen LogP contribution in [0, 0.1) is 0 Å². The zero-order chi connectivity index (χ0) is 16.2.